The van der Waals surface area contributed by atoms with E-state index in [9.17, 15) is 0 Å². The van der Waals surface area contributed by atoms with Gasteiger partial charge in [-0.3, -0.25) is 0 Å². The molecule has 0 unspecified atom stereocenters. The largest absolute Gasteiger partial charge is 0.404 e. The molecule has 0 N–H and O–H groups in total. The van der Waals surface area contributed by atoms with Crippen LogP contribution in [-0.2, 0) is 59.3 Å². The van der Waals surface area contributed by atoms with E-state index in [-0.39, 0.29) is 42.4 Å². The van der Waals surface area contributed by atoms with Gasteiger partial charge in [-0.1, -0.05) is 419 Å². The molecule has 0 saturated carbocycles. The van der Waals surface area contributed by atoms with E-state index >= 15 is 0 Å². The first-order valence-electron chi connectivity index (χ1n) is 45.5. The van der Waals surface area contributed by atoms with Gasteiger partial charge in [-0.2, -0.15) is 0 Å². The third-order valence-corrected chi connectivity index (χ3v) is 45.6. The molecule has 2 aliphatic rings. The molecule has 10 nitrogen and oxygen atoms in total. The van der Waals surface area contributed by atoms with Crippen molar-refractivity contribution in [3.8, 4) is 0 Å². The Morgan fingerprint density at radius 3 is 0.943 bits per heavy atom. The maximum atomic E-state index is 9.13. The van der Waals surface area contributed by atoms with Crippen LogP contribution in [-0.4, -0.2) is 106 Å². The normalized spacial score (nSPS) is 19.1. The fourth-order valence-electron chi connectivity index (χ4n) is 20.1. The Kier molecular flexibility index (Phi) is 31.9. The van der Waals surface area contributed by atoms with Gasteiger partial charge in [0.15, 0.2) is 11.6 Å². The van der Waals surface area contributed by atoms with Crippen LogP contribution in [0.4, 0.5) is 0 Å². The van der Waals surface area contributed by atoms with Crippen LogP contribution in [0.1, 0.15) is 194 Å². The van der Waals surface area contributed by atoms with Crippen LogP contribution in [0.2, 0.25) is 20.2 Å². The van der Waals surface area contributed by atoms with E-state index in [1.54, 1.807) is 0 Å². The Morgan fingerprint density at radius 1 is 0.333 bits per heavy atom. The first-order valence-corrected chi connectivity index (χ1v) is 53.1. The zero-order valence-corrected chi connectivity index (χ0v) is 81.2. The standard InChI is InChI=1S/C109H142O10Si4/c1-83(2)103(111-82-86-52-32-21-33-53-86)84(3)70-71-88(116-120(104(4,5)6,95-54-34-22-35-55-95)96-56-36-23-37-57-96)75-92(117-121(105(7,8)9,97-58-38-24-39-59-97)98-60-40-25-41-61-98)79-94(119-123(107(13,14)15,101-66-46-28-47-67-101)102-68-48-29-49-69-102)80-93(118-122(106(10,11)12,99-62-42-26-43-63-99)100-64-44-27-45-65-100)78-91-77-90(114-109(18,19)115-91)76-89-74-87(112-108(16,17)113-89)72-73-110-81-85-50-30-20-31-51-85/h20-71,83-84,87-94,103H,72-82H2,1-19H3/b71-70+/t84-,87-,88-,89-,90-,91+,92-,93-,94+,103-/m0/s1. The van der Waals surface area contributed by atoms with E-state index in [0.29, 0.717) is 64.8 Å². The van der Waals surface area contributed by atoms with Crippen molar-refractivity contribution in [3.05, 3.63) is 327 Å². The predicted octanol–water partition coefficient (Wildman–Crippen LogP) is 21.6. The Hall–Kier alpha value is -7.59. The number of hydrogen-bond donors (Lipinski definition) is 0. The fourth-order valence-corrected chi connectivity index (χ4v) is 38.8. The third-order valence-electron chi connectivity index (χ3n) is 25.3. The lowest BCUT2D eigenvalue weighted by Crippen LogP contribution is -2.70. The molecule has 10 aromatic carbocycles. The molecule has 0 aliphatic carbocycles. The summed E-state index contributed by atoms with van der Waals surface area (Å²) in [6.07, 6.45) is 6.40. The van der Waals surface area contributed by atoms with Crippen molar-refractivity contribution in [1.82, 2.24) is 0 Å². The molecule has 0 spiro atoms. The molecule has 2 saturated heterocycles. The summed E-state index contributed by atoms with van der Waals surface area (Å²) < 4.78 is 77.7. The second-order valence-electron chi connectivity index (χ2n) is 40.0. The van der Waals surface area contributed by atoms with Crippen molar-refractivity contribution in [2.45, 2.75) is 283 Å². The summed E-state index contributed by atoms with van der Waals surface area (Å²) >= 11 is 0. The molecular formula is C109H142O10Si4. The molecule has 10 atom stereocenters. The van der Waals surface area contributed by atoms with E-state index in [1.165, 1.54) is 41.5 Å². The lowest BCUT2D eigenvalue weighted by molar-refractivity contribution is -0.326. The maximum Gasteiger partial charge on any atom is 0.261 e. The molecule has 0 radical (unpaired) electrons. The SMILES string of the molecule is CC(C)[C@H](OCc1ccccc1)[C@@H](C)/C=C/[C@@H](C[C@@H](C[C@H](C[C@H](C[C@H]1C[C@H](C[C@@H]2C[C@H](CCOCc3ccccc3)OC(C)(C)O2)OC(C)(C)O1)O[Si](c1ccccc1)(c1ccccc1)C(C)(C)C)O[Si](c1ccccc1)(c1ccccc1)C(C)(C)C)O[Si](c1ccccc1)(c1ccccc1)C(C)(C)C)O[Si](c1ccccc1)(c1ccccc1)C(C)(C)C. The summed E-state index contributed by atoms with van der Waals surface area (Å²) in [6, 6.07) is 111. The average molecular weight is 1720 g/mol. The van der Waals surface area contributed by atoms with Gasteiger partial charge in [0.2, 0.25) is 0 Å². The van der Waals surface area contributed by atoms with Gasteiger partial charge in [-0.05, 0) is 132 Å². The highest BCUT2D eigenvalue weighted by Crippen LogP contribution is 2.47. The van der Waals surface area contributed by atoms with Crippen LogP contribution in [0.3, 0.4) is 0 Å². The minimum atomic E-state index is -3.55. The van der Waals surface area contributed by atoms with Gasteiger partial charge in [-0.15, -0.1) is 0 Å². The number of ether oxygens (including phenoxy) is 6. The van der Waals surface area contributed by atoms with Gasteiger partial charge in [0.05, 0.1) is 68.1 Å². The zero-order valence-electron chi connectivity index (χ0n) is 77.2. The highest BCUT2D eigenvalue weighted by atomic mass is 28.4. The average Bonchev–Trinajstić information content (AvgIpc) is 0.743. The van der Waals surface area contributed by atoms with E-state index in [4.69, 9.17) is 46.1 Å². The Morgan fingerprint density at radius 2 is 0.610 bits per heavy atom. The maximum absolute atomic E-state index is 9.13. The van der Waals surface area contributed by atoms with Crippen LogP contribution in [0.25, 0.3) is 0 Å². The summed E-state index contributed by atoms with van der Waals surface area (Å²) in [4.78, 5) is 0. The van der Waals surface area contributed by atoms with Gasteiger partial charge in [-0.25, -0.2) is 0 Å². The van der Waals surface area contributed by atoms with E-state index in [0.717, 1.165) is 17.5 Å². The van der Waals surface area contributed by atoms with Gasteiger partial charge >= 0.3 is 0 Å². The lowest BCUT2D eigenvalue weighted by Gasteiger charge is -2.50. The molecule has 0 bridgehead atoms. The molecular weight excluding hydrogens is 1580 g/mol. The Balaban J connectivity index is 1.08. The Labute approximate surface area is 743 Å². The lowest BCUT2D eigenvalue weighted by atomic mass is 9.92. The van der Waals surface area contributed by atoms with Crippen LogP contribution < -0.4 is 41.5 Å². The van der Waals surface area contributed by atoms with Crippen molar-refractivity contribution in [3.63, 3.8) is 0 Å². The van der Waals surface area contributed by atoms with Gasteiger partial charge < -0.3 is 46.1 Å². The van der Waals surface area contributed by atoms with Crippen molar-refractivity contribution in [1.29, 1.82) is 0 Å². The second kappa shape index (κ2) is 41.5. The minimum absolute atomic E-state index is 0.0268. The zero-order chi connectivity index (χ0) is 87.7. The number of benzene rings is 10. The molecule has 2 heterocycles. The molecule has 123 heavy (non-hydrogen) atoms. The molecule has 12 rings (SSSR count). The second-order valence-corrected chi connectivity index (χ2v) is 57.0. The van der Waals surface area contributed by atoms with E-state index in [1.807, 2.05) is 19.9 Å². The molecule has 654 valence electrons. The van der Waals surface area contributed by atoms with Crippen LogP contribution in [0, 0.1) is 11.8 Å². The minimum Gasteiger partial charge on any atom is -0.404 e. The monoisotopic (exact) mass is 1720 g/mol. The number of rotatable bonds is 38. The van der Waals surface area contributed by atoms with Crippen LogP contribution >= 0.6 is 0 Å². The third kappa shape index (κ3) is 23.2. The molecule has 14 heteroatoms. The number of hydrogen-bond acceptors (Lipinski definition) is 10. The van der Waals surface area contributed by atoms with Crippen molar-refractivity contribution in [2.75, 3.05) is 6.61 Å². The van der Waals surface area contributed by atoms with Crippen LogP contribution in [0.5, 0.6) is 0 Å². The summed E-state index contributed by atoms with van der Waals surface area (Å²) in [5.41, 5.74) is 2.30. The molecule has 10 aromatic rings. The van der Waals surface area contributed by atoms with Crippen LogP contribution in [0.15, 0.2) is 315 Å². The topological polar surface area (TPSA) is 92.3 Å². The highest BCUT2D eigenvalue weighted by Gasteiger charge is 2.58. The van der Waals surface area contributed by atoms with Crippen molar-refractivity contribution < 1.29 is 46.1 Å². The van der Waals surface area contributed by atoms with E-state index in [2.05, 4.69) is 427 Å². The molecule has 2 fully saturated rings. The van der Waals surface area contributed by atoms with Gasteiger partial charge in [0.25, 0.3) is 33.3 Å². The first kappa shape index (κ1) is 94.5. The molecule has 0 aromatic heterocycles. The molecule has 2 aliphatic heterocycles. The van der Waals surface area contributed by atoms with Crippen molar-refractivity contribution in [2.24, 2.45) is 11.8 Å². The first-order chi connectivity index (χ1) is 58.6. The molecule has 0 amide bonds. The smallest absolute Gasteiger partial charge is 0.261 e. The summed E-state index contributed by atoms with van der Waals surface area (Å²) in [7, 11) is -13.9. The van der Waals surface area contributed by atoms with E-state index < -0.39 is 89.4 Å². The van der Waals surface area contributed by atoms with Gasteiger partial charge in [0, 0.05) is 38.2 Å². The summed E-state index contributed by atoms with van der Waals surface area (Å²) in [6.45, 7) is 45.7. The quantitative estimate of drug-likeness (QED) is 0.0212. The predicted molar refractivity (Wildman–Crippen MR) is 519 cm³/mol. The highest BCUT2D eigenvalue weighted by molar-refractivity contribution is 7.01. The summed E-state index contributed by atoms with van der Waals surface area (Å²) in [5.74, 6) is -1.63. The Bertz CT molecular complexity index is 4630. The van der Waals surface area contributed by atoms with Crippen molar-refractivity contribution >= 4 is 74.8 Å². The van der Waals surface area contributed by atoms with Gasteiger partial charge in [0.1, 0.15) is 0 Å². The fraction of sp³-hybridized carbons (Fsp3) is 0.431. The summed E-state index contributed by atoms with van der Waals surface area (Å²) in [5, 5.41) is 7.89.